The summed E-state index contributed by atoms with van der Waals surface area (Å²) in [6, 6.07) is 3.42. The van der Waals surface area contributed by atoms with Gasteiger partial charge in [0.15, 0.2) is 0 Å². The number of carbonyl (C=O) groups is 1. The summed E-state index contributed by atoms with van der Waals surface area (Å²) in [5, 5.41) is 4.04. The zero-order chi connectivity index (χ0) is 19.8. The lowest BCUT2D eigenvalue weighted by atomic mass is 10.0. The molecule has 0 atom stereocenters. The summed E-state index contributed by atoms with van der Waals surface area (Å²) in [4.78, 5) is 19.9. The van der Waals surface area contributed by atoms with Crippen LogP contribution in [0.25, 0.3) is 22.5 Å². The highest BCUT2D eigenvalue weighted by atomic mass is 19.4. The van der Waals surface area contributed by atoms with Crippen molar-refractivity contribution in [1.29, 1.82) is 0 Å². The molecule has 7 nitrogen and oxygen atoms in total. The minimum atomic E-state index is -4.55. The Labute approximate surface area is 151 Å². The van der Waals surface area contributed by atoms with Crippen molar-refractivity contribution >= 4 is 11.7 Å². The third kappa shape index (κ3) is 3.59. The first-order valence-corrected chi connectivity index (χ1v) is 7.62. The number of nitrogen functional groups attached to an aromatic ring is 1. The minimum Gasteiger partial charge on any atom is -0.465 e. The van der Waals surface area contributed by atoms with Gasteiger partial charge in [0.25, 0.3) is 0 Å². The van der Waals surface area contributed by atoms with E-state index >= 15 is 0 Å². The van der Waals surface area contributed by atoms with E-state index in [2.05, 4.69) is 15.1 Å². The largest absolute Gasteiger partial charge is 0.465 e. The van der Waals surface area contributed by atoms with E-state index < -0.39 is 17.8 Å². The Morgan fingerprint density at radius 3 is 2.48 bits per heavy atom. The van der Waals surface area contributed by atoms with Gasteiger partial charge in [-0.3, -0.25) is 9.67 Å². The van der Waals surface area contributed by atoms with Crippen LogP contribution in [0, 0.1) is 0 Å². The maximum atomic E-state index is 12.7. The number of hydrogen-bond donors (Lipinski definition) is 1. The van der Waals surface area contributed by atoms with Crippen LogP contribution in [-0.2, 0) is 18.0 Å². The van der Waals surface area contributed by atoms with Gasteiger partial charge in [-0.25, -0.2) is 9.78 Å². The molecule has 3 rings (SSSR count). The predicted molar refractivity (Wildman–Crippen MR) is 90.4 cm³/mol. The molecule has 0 fully saturated rings. The lowest BCUT2D eigenvalue weighted by Gasteiger charge is -2.12. The first-order valence-electron chi connectivity index (χ1n) is 7.62. The Kier molecular flexibility index (Phi) is 4.56. The van der Waals surface area contributed by atoms with E-state index in [-0.39, 0.29) is 22.6 Å². The molecule has 0 unspecified atom stereocenters. The zero-order valence-corrected chi connectivity index (χ0v) is 14.3. The van der Waals surface area contributed by atoms with E-state index in [1.165, 1.54) is 30.1 Å². The standard InChI is InChI=1S/C17H14F3N5O2/c1-25-8-10(7-23-25)15-14(21)11(16(26)27-2)5-12(24-15)9-3-4-13(22-6-9)17(18,19)20/h3-8H,21H2,1-2H3. The van der Waals surface area contributed by atoms with Gasteiger partial charge in [0.2, 0.25) is 0 Å². The zero-order valence-electron chi connectivity index (χ0n) is 14.3. The quantitative estimate of drug-likeness (QED) is 0.705. The fourth-order valence-corrected chi connectivity index (χ4v) is 2.46. The molecule has 3 aromatic heterocycles. The van der Waals surface area contributed by atoms with Gasteiger partial charge in [0.1, 0.15) is 5.69 Å². The maximum absolute atomic E-state index is 12.7. The number of halogens is 3. The number of rotatable bonds is 3. The monoisotopic (exact) mass is 377 g/mol. The summed E-state index contributed by atoms with van der Waals surface area (Å²) in [6.45, 7) is 0. The number of pyridine rings is 2. The van der Waals surface area contributed by atoms with Crippen LogP contribution in [0.3, 0.4) is 0 Å². The summed E-state index contributed by atoms with van der Waals surface area (Å²) < 4.78 is 44.4. The summed E-state index contributed by atoms with van der Waals surface area (Å²) in [7, 11) is 2.90. The number of methoxy groups -OCH3 is 1. The number of hydrogen-bond acceptors (Lipinski definition) is 6. The molecule has 0 aliphatic rings. The second-order valence-corrected chi connectivity index (χ2v) is 5.64. The first kappa shape index (κ1) is 18.4. The molecule has 0 amide bonds. The Balaban J connectivity index is 2.16. The summed E-state index contributed by atoms with van der Waals surface area (Å²) in [5.74, 6) is -0.693. The molecule has 0 aromatic carbocycles. The summed E-state index contributed by atoms with van der Waals surface area (Å²) >= 11 is 0. The number of anilines is 1. The molecule has 10 heteroatoms. The molecule has 27 heavy (non-hydrogen) atoms. The van der Waals surface area contributed by atoms with Gasteiger partial charge < -0.3 is 10.5 Å². The summed E-state index contributed by atoms with van der Waals surface area (Å²) in [6.07, 6.45) is -0.358. The van der Waals surface area contributed by atoms with Gasteiger partial charge in [0, 0.05) is 30.6 Å². The summed E-state index contributed by atoms with van der Waals surface area (Å²) in [5.41, 5.74) is 6.49. The average molecular weight is 377 g/mol. The molecular formula is C17H14F3N5O2. The lowest BCUT2D eigenvalue weighted by molar-refractivity contribution is -0.141. The Bertz CT molecular complexity index is 997. The molecular weight excluding hydrogens is 363 g/mol. The van der Waals surface area contributed by atoms with Crippen LogP contribution < -0.4 is 5.73 Å². The van der Waals surface area contributed by atoms with E-state index in [9.17, 15) is 18.0 Å². The van der Waals surface area contributed by atoms with E-state index in [0.29, 0.717) is 11.1 Å². The maximum Gasteiger partial charge on any atom is 0.433 e. The highest BCUT2D eigenvalue weighted by Crippen LogP contribution is 2.32. The number of nitrogens with zero attached hydrogens (tertiary/aromatic N) is 4. The lowest BCUT2D eigenvalue weighted by Crippen LogP contribution is -2.09. The van der Waals surface area contributed by atoms with Crippen molar-refractivity contribution in [1.82, 2.24) is 19.7 Å². The van der Waals surface area contributed by atoms with Gasteiger partial charge in [-0.1, -0.05) is 0 Å². The number of esters is 1. The van der Waals surface area contributed by atoms with Crippen molar-refractivity contribution < 1.29 is 22.7 Å². The molecule has 0 spiro atoms. The molecule has 3 heterocycles. The second kappa shape index (κ2) is 6.71. The Morgan fingerprint density at radius 1 is 1.22 bits per heavy atom. The van der Waals surface area contributed by atoms with Crippen LogP contribution in [0.2, 0.25) is 0 Å². The molecule has 3 aromatic rings. The van der Waals surface area contributed by atoms with E-state index in [4.69, 9.17) is 10.5 Å². The fraction of sp³-hybridized carbons (Fsp3) is 0.176. The van der Waals surface area contributed by atoms with Gasteiger partial charge in [-0.15, -0.1) is 0 Å². The van der Waals surface area contributed by atoms with Crippen molar-refractivity contribution in [3.05, 3.63) is 48.0 Å². The van der Waals surface area contributed by atoms with Crippen molar-refractivity contribution in [2.24, 2.45) is 7.05 Å². The molecule has 2 N–H and O–H groups in total. The van der Waals surface area contributed by atoms with Crippen molar-refractivity contribution in [2.75, 3.05) is 12.8 Å². The van der Waals surface area contributed by atoms with Crippen LogP contribution in [-0.4, -0.2) is 32.8 Å². The van der Waals surface area contributed by atoms with Gasteiger partial charge >= 0.3 is 12.1 Å². The number of aryl methyl sites for hydroxylation is 1. The molecule has 0 aliphatic carbocycles. The highest BCUT2D eigenvalue weighted by Gasteiger charge is 2.32. The topological polar surface area (TPSA) is 95.9 Å². The van der Waals surface area contributed by atoms with Crippen LogP contribution in [0.4, 0.5) is 18.9 Å². The van der Waals surface area contributed by atoms with Gasteiger partial charge in [-0.05, 0) is 18.2 Å². The van der Waals surface area contributed by atoms with E-state index in [1.54, 1.807) is 13.2 Å². The highest BCUT2D eigenvalue weighted by molar-refractivity contribution is 5.99. The third-order valence-corrected chi connectivity index (χ3v) is 3.79. The van der Waals surface area contributed by atoms with Crippen LogP contribution in [0.15, 0.2) is 36.8 Å². The van der Waals surface area contributed by atoms with Crippen molar-refractivity contribution in [3.63, 3.8) is 0 Å². The first-order chi connectivity index (χ1) is 12.7. The third-order valence-electron chi connectivity index (χ3n) is 3.79. The fourth-order valence-electron chi connectivity index (χ4n) is 2.46. The number of nitrogens with two attached hydrogens (primary N) is 1. The van der Waals surface area contributed by atoms with Crippen LogP contribution in [0.5, 0.6) is 0 Å². The van der Waals surface area contributed by atoms with Crippen LogP contribution in [0.1, 0.15) is 16.1 Å². The van der Waals surface area contributed by atoms with E-state index in [0.717, 1.165) is 12.3 Å². The molecule has 0 saturated heterocycles. The Morgan fingerprint density at radius 2 is 1.96 bits per heavy atom. The predicted octanol–water partition coefficient (Wildman–Crippen LogP) is 2.93. The number of alkyl halides is 3. The van der Waals surface area contributed by atoms with Gasteiger partial charge in [-0.2, -0.15) is 18.3 Å². The van der Waals surface area contributed by atoms with Crippen molar-refractivity contribution in [3.8, 4) is 22.5 Å². The minimum absolute atomic E-state index is 0.0428. The van der Waals surface area contributed by atoms with Crippen LogP contribution >= 0.6 is 0 Å². The molecule has 140 valence electrons. The second-order valence-electron chi connectivity index (χ2n) is 5.64. The number of ether oxygens (including phenoxy) is 1. The Hall–Kier alpha value is -3.43. The molecule has 0 saturated carbocycles. The average Bonchev–Trinajstić information content (AvgIpc) is 3.07. The normalized spacial score (nSPS) is 11.4. The van der Waals surface area contributed by atoms with Crippen molar-refractivity contribution in [2.45, 2.75) is 6.18 Å². The molecule has 0 bridgehead atoms. The molecule has 0 radical (unpaired) electrons. The number of aromatic nitrogens is 4. The number of carbonyl (C=O) groups excluding carboxylic acids is 1. The SMILES string of the molecule is COC(=O)c1cc(-c2ccc(C(F)(F)F)nc2)nc(-c2cnn(C)c2)c1N. The van der Waals surface area contributed by atoms with E-state index in [1.807, 2.05) is 0 Å². The molecule has 0 aliphatic heterocycles. The smallest absolute Gasteiger partial charge is 0.433 e. The van der Waals surface area contributed by atoms with Gasteiger partial charge in [0.05, 0.1) is 35.9 Å².